The first kappa shape index (κ1) is 33.8. The summed E-state index contributed by atoms with van der Waals surface area (Å²) in [6.07, 6.45) is -0.972. The summed E-state index contributed by atoms with van der Waals surface area (Å²) in [7, 11) is 0.109. The normalized spacial score (nSPS) is 18.7. The van der Waals surface area contributed by atoms with Crippen LogP contribution in [0.4, 0.5) is 19.3 Å². The van der Waals surface area contributed by atoms with Gasteiger partial charge < -0.3 is 24.5 Å². The lowest BCUT2D eigenvalue weighted by Gasteiger charge is -2.54. The number of benzene rings is 3. The van der Waals surface area contributed by atoms with Gasteiger partial charge in [-0.2, -0.15) is 0 Å². The number of piperazine rings is 1. The molecule has 250 valence electrons. The quantitative estimate of drug-likeness (QED) is 0.292. The van der Waals surface area contributed by atoms with Crippen LogP contribution in [0.5, 0.6) is 5.75 Å². The molecule has 2 heterocycles. The molecule has 0 saturated carbocycles. The average Bonchev–Trinajstić information content (AvgIpc) is 3.00. The largest absolute Gasteiger partial charge is 0.524 e. The lowest BCUT2D eigenvalue weighted by molar-refractivity contribution is -0.187. The predicted molar refractivity (Wildman–Crippen MR) is 166 cm³/mol. The number of halogens is 2. The van der Waals surface area contributed by atoms with Crippen molar-refractivity contribution in [2.24, 2.45) is 0 Å². The molecule has 0 unspecified atom stereocenters. The van der Waals surface area contributed by atoms with Crippen LogP contribution in [0.1, 0.15) is 16.7 Å². The molecule has 0 spiro atoms. The molecule has 0 aliphatic carbocycles. The predicted octanol–water partition coefficient (Wildman–Crippen LogP) is 2.68. The van der Waals surface area contributed by atoms with E-state index in [1.807, 2.05) is 30.3 Å². The van der Waals surface area contributed by atoms with Crippen LogP contribution in [0, 0.1) is 11.6 Å². The van der Waals surface area contributed by atoms with E-state index in [0.29, 0.717) is 16.8 Å². The fourth-order valence-electron chi connectivity index (χ4n) is 5.87. The third kappa shape index (κ3) is 7.71. The summed E-state index contributed by atoms with van der Waals surface area (Å²) < 4.78 is 44.5. The molecule has 47 heavy (non-hydrogen) atoms. The average molecular weight is 673 g/mol. The first-order valence-electron chi connectivity index (χ1n) is 14.6. The molecule has 3 N–H and O–H groups in total. The standard InChI is InChI=1S/C31H35F2N6O7P/c1-35(2)26-15-25(33)24(32)14-22(26)17-37-18-28-38(27(30(37)41)13-20-9-11-23(12-10-20)46-47(43,44)45)29(40)19-36(3)39(28)31(42)34-16-21-7-5-4-6-8-21/h4-12,14-15,27-28H,13,16-19H2,1-3H3,(H,34,42)(H2,43,44,45)/t27-,28-/m0/s1. The van der Waals surface area contributed by atoms with Crippen molar-refractivity contribution in [2.75, 3.05) is 39.1 Å². The second kappa shape index (κ2) is 13.7. The first-order valence-corrected chi connectivity index (χ1v) is 16.2. The smallest absolute Gasteiger partial charge is 0.404 e. The number of hydrogen-bond acceptors (Lipinski definition) is 7. The van der Waals surface area contributed by atoms with Crippen molar-refractivity contribution in [1.29, 1.82) is 0 Å². The van der Waals surface area contributed by atoms with Crippen LogP contribution in [0.25, 0.3) is 0 Å². The van der Waals surface area contributed by atoms with Crippen molar-refractivity contribution in [2.45, 2.75) is 31.7 Å². The number of anilines is 1. The molecule has 2 aliphatic heterocycles. The van der Waals surface area contributed by atoms with Crippen LogP contribution in [0.2, 0.25) is 0 Å². The van der Waals surface area contributed by atoms with Crippen LogP contribution in [-0.2, 0) is 33.7 Å². The number of phosphoric acid groups is 1. The Morgan fingerprint density at radius 1 is 1.02 bits per heavy atom. The second-order valence-corrected chi connectivity index (χ2v) is 12.7. The minimum absolute atomic E-state index is 0.0186. The third-order valence-electron chi connectivity index (χ3n) is 7.98. The number of rotatable bonds is 9. The van der Waals surface area contributed by atoms with Gasteiger partial charge in [-0.3, -0.25) is 19.4 Å². The molecule has 4 amide bonds. The van der Waals surface area contributed by atoms with Crippen LogP contribution < -0.4 is 14.7 Å². The lowest BCUT2D eigenvalue weighted by Crippen LogP contribution is -2.76. The molecule has 0 bridgehead atoms. The topological polar surface area (TPSA) is 146 Å². The second-order valence-electron chi connectivity index (χ2n) is 11.5. The maximum Gasteiger partial charge on any atom is 0.524 e. The summed E-state index contributed by atoms with van der Waals surface area (Å²) in [5, 5.41) is 5.74. The van der Waals surface area contributed by atoms with Crippen LogP contribution in [0.15, 0.2) is 66.7 Å². The molecule has 2 saturated heterocycles. The van der Waals surface area contributed by atoms with Crippen molar-refractivity contribution in [3.05, 3.63) is 95.1 Å². The number of hydrazine groups is 1. The van der Waals surface area contributed by atoms with Gasteiger partial charge in [0.2, 0.25) is 11.8 Å². The van der Waals surface area contributed by atoms with E-state index in [0.717, 1.165) is 17.7 Å². The number of carbonyl (C=O) groups excluding carboxylic acids is 3. The Morgan fingerprint density at radius 3 is 2.32 bits per heavy atom. The summed E-state index contributed by atoms with van der Waals surface area (Å²) >= 11 is 0. The monoisotopic (exact) mass is 672 g/mol. The molecular formula is C31H35F2N6O7P. The van der Waals surface area contributed by atoms with Gasteiger partial charge in [-0.1, -0.05) is 42.5 Å². The number of hydrogen-bond donors (Lipinski definition) is 3. The molecule has 2 aliphatic rings. The van der Waals surface area contributed by atoms with E-state index in [4.69, 9.17) is 9.79 Å². The highest BCUT2D eigenvalue weighted by Crippen LogP contribution is 2.38. The highest BCUT2D eigenvalue weighted by atomic mass is 31.2. The number of carbonyl (C=O) groups is 3. The van der Waals surface area contributed by atoms with E-state index >= 15 is 0 Å². The molecule has 2 fully saturated rings. The zero-order valence-electron chi connectivity index (χ0n) is 25.9. The van der Waals surface area contributed by atoms with Gasteiger partial charge in [0.15, 0.2) is 11.6 Å². The van der Waals surface area contributed by atoms with E-state index in [1.54, 1.807) is 26.0 Å². The number of nitrogens with one attached hydrogen (secondary N) is 1. The van der Waals surface area contributed by atoms with Crippen LogP contribution >= 0.6 is 7.82 Å². The molecule has 16 heteroatoms. The Balaban J connectivity index is 1.49. The first-order chi connectivity index (χ1) is 22.2. The van der Waals surface area contributed by atoms with Gasteiger partial charge >= 0.3 is 13.9 Å². The Labute approximate surface area is 270 Å². The summed E-state index contributed by atoms with van der Waals surface area (Å²) in [6.45, 7) is -0.245. The summed E-state index contributed by atoms with van der Waals surface area (Å²) in [5.74, 6) is -3.10. The fraction of sp³-hybridized carbons (Fsp3) is 0.323. The van der Waals surface area contributed by atoms with Crippen LogP contribution in [0.3, 0.4) is 0 Å². The lowest BCUT2D eigenvalue weighted by atomic mass is 9.98. The van der Waals surface area contributed by atoms with Crippen molar-refractivity contribution in [3.8, 4) is 5.75 Å². The molecule has 3 aromatic rings. The van der Waals surface area contributed by atoms with E-state index < -0.39 is 49.5 Å². The molecule has 0 aromatic heterocycles. The summed E-state index contributed by atoms with van der Waals surface area (Å²) in [6, 6.07) is 15.4. The summed E-state index contributed by atoms with van der Waals surface area (Å²) in [5.41, 5.74) is 2.07. The zero-order valence-corrected chi connectivity index (χ0v) is 26.8. The van der Waals surface area contributed by atoms with Crippen molar-refractivity contribution >= 4 is 31.4 Å². The Kier molecular flexibility index (Phi) is 9.82. The van der Waals surface area contributed by atoms with Crippen LogP contribution in [-0.4, -0.2) is 93.9 Å². The SMILES string of the molecule is CN(C)c1cc(F)c(F)cc1CN1C[C@H]2N(C(=O)CN(C)N2C(=O)NCc2ccccc2)[C@@H](Cc2ccc(OP(=O)(O)O)cc2)C1=O. The van der Waals surface area contributed by atoms with Gasteiger partial charge in [0.1, 0.15) is 18.0 Å². The molecular weight excluding hydrogens is 637 g/mol. The van der Waals surface area contributed by atoms with E-state index in [9.17, 15) is 27.7 Å². The molecule has 13 nitrogen and oxygen atoms in total. The van der Waals surface area contributed by atoms with Gasteiger partial charge in [-0.25, -0.2) is 28.2 Å². The maximum absolute atomic E-state index is 14.5. The Hall–Kier alpha value is -4.56. The van der Waals surface area contributed by atoms with Gasteiger partial charge in [-0.15, -0.1) is 0 Å². The highest BCUT2D eigenvalue weighted by molar-refractivity contribution is 7.46. The Morgan fingerprint density at radius 2 is 1.68 bits per heavy atom. The maximum atomic E-state index is 14.5. The highest BCUT2D eigenvalue weighted by Gasteiger charge is 2.50. The third-order valence-corrected chi connectivity index (χ3v) is 8.42. The van der Waals surface area contributed by atoms with Crippen molar-refractivity contribution < 1.29 is 42.0 Å². The van der Waals surface area contributed by atoms with Crippen molar-refractivity contribution in [3.63, 3.8) is 0 Å². The molecule has 2 atom stereocenters. The van der Waals surface area contributed by atoms with Gasteiger partial charge in [0.05, 0.1) is 13.1 Å². The van der Waals surface area contributed by atoms with Crippen molar-refractivity contribution in [1.82, 2.24) is 25.1 Å². The Bertz CT molecular complexity index is 1690. The molecule has 3 aromatic carbocycles. The van der Waals surface area contributed by atoms with E-state index in [2.05, 4.69) is 9.84 Å². The minimum Gasteiger partial charge on any atom is -0.404 e. The number of fused-ring (bicyclic) bond motifs is 1. The van der Waals surface area contributed by atoms with Gasteiger partial charge in [-0.05, 0) is 34.9 Å². The van der Waals surface area contributed by atoms with E-state index in [1.165, 1.54) is 44.1 Å². The molecule has 5 rings (SSSR count). The number of likely N-dealkylation sites (N-methyl/N-ethyl adjacent to an activating group) is 1. The van der Waals surface area contributed by atoms with Gasteiger partial charge in [0.25, 0.3) is 0 Å². The summed E-state index contributed by atoms with van der Waals surface area (Å²) in [4.78, 5) is 64.1. The number of urea groups is 1. The number of nitrogens with zero attached hydrogens (tertiary/aromatic N) is 5. The van der Waals surface area contributed by atoms with E-state index in [-0.39, 0.29) is 38.3 Å². The fourth-order valence-corrected chi connectivity index (χ4v) is 6.27. The number of amides is 4. The zero-order chi connectivity index (χ0) is 34.0. The van der Waals surface area contributed by atoms with Gasteiger partial charge in [0, 0.05) is 52.4 Å². The molecule has 0 radical (unpaired) electrons. The number of phosphoric ester groups is 1. The minimum atomic E-state index is -4.80.